The van der Waals surface area contributed by atoms with Crippen LogP contribution in [0.25, 0.3) is 0 Å². The van der Waals surface area contributed by atoms with Crippen molar-refractivity contribution in [3.63, 3.8) is 0 Å². The summed E-state index contributed by atoms with van der Waals surface area (Å²) in [5.74, 6) is -1.15. The molecule has 94 valence electrons. The Hall–Kier alpha value is -0.960. The van der Waals surface area contributed by atoms with Crippen molar-refractivity contribution in [3.05, 3.63) is 17.0 Å². The van der Waals surface area contributed by atoms with Gasteiger partial charge in [-0.1, -0.05) is 0 Å². The molecule has 17 heavy (non-hydrogen) atoms. The van der Waals surface area contributed by atoms with Crippen LogP contribution in [-0.2, 0) is 10.0 Å². The van der Waals surface area contributed by atoms with Crippen molar-refractivity contribution in [3.8, 4) is 0 Å². The molecule has 0 amide bonds. The minimum atomic E-state index is -3.66. The number of carboxylic acids is 1. The topological polar surface area (TPSA) is 94.9 Å². The number of aromatic carboxylic acids is 1. The molecule has 2 rings (SSSR count). The van der Waals surface area contributed by atoms with Crippen LogP contribution in [0.3, 0.4) is 0 Å². The van der Waals surface area contributed by atoms with E-state index in [4.69, 9.17) is 5.11 Å². The fourth-order valence-corrected chi connectivity index (χ4v) is 4.56. The van der Waals surface area contributed by atoms with Gasteiger partial charge in [0.25, 0.3) is 10.0 Å². The highest BCUT2D eigenvalue weighted by molar-refractivity contribution is 7.91. The zero-order chi connectivity index (χ0) is 12.8. The van der Waals surface area contributed by atoms with Crippen molar-refractivity contribution in [1.29, 1.82) is 0 Å². The van der Waals surface area contributed by atoms with Gasteiger partial charge in [-0.25, -0.2) is 13.2 Å². The molecule has 1 aliphatic rings. The molecular weight excluding hydrogens is 266 g/mol. The zero-order valence-corrected chi connectivity index (χ0v) is 10.6. The summed E-state index contributed by atoms with van der Waals surface area (Å²) >= 11 is 0.870. The van der Waals surface area contributed by atoms with Crippen molar-refractivity contribution in [2.75, 3.05) is 13.1 Å². The second-order valence-electron chi connectivity index (χ2n) is 4.23. The Balaban J connectivity index is 2.24. The lowest BCUT2D eigenvalue weighted by atomic mass is 10.0. The van der Waals surface area contributed by atoms with Gasteiger partial charge < -0.3 is 10.2 Å². The number of aliphatic hydroxyl groups is 1. The van der Waals surface area contributed by atoms with Gasteiger partial charge in [0.05, 0.1) is 11.2 Å². The summed E-state index contributed by atoms with van der Waals surface area (Å²) in [4.78, 5) is 10.7. The van der Waals surface area contributed by atoms with Crippen LogP contribution in [0, 0.1) is 0 Å². The first-order chi connectivity index (χ1) is 7.72. The zero-order valence-electron chi connectivity index (χ0n) is 8.95. The molecule has 2 heterocycles. The molecule has 1 fully saturated rings. The highest BCUT2D eigenvalue weighted by atomic mass is 32.2. The largest absolute Gasteiger partial charge is 0.478 e. The second kappa shape index (κ2) is 3.77. The van der Waals surface area contributed by atoms with Crippen molar-refractivity contribution in [2.24, 2.45) is 0 Å². The molecular formula is C9H11NO5S2. The van der Waals surface area contributed by atoms with E-state index in [2.05, 4.69) is 0 Å². The molecule has 1 aliphatic heterocycles. The van der Waals surface area contributed by atoms with Crippen molar-refractivity contribution in [1.82, 2.24) is 4.31 Å². The summed E-state index contributed by atoms with van der Waals surface area (Å²) in [6.45, 7) is 1.63. The van der Waals surface area contributed by atoms with Crippen LogP contribution in [0.2, 0.25) is 0 Å². The number of sulfonamides is 1. The van der Waals surface area contributed by atoms with E-state index in [1.807, 2.05) is 0 Å². The predicted molar refractivity (Wildman–Crippen MR) is 60.7 cm³/mol. The molecule has 0 unspecified atom stereocenters. The first kappa shape index (κ1) is 12.5. The van der Waals surface area contributed by atoms with E-state index in [-0.39, 0.29) is 22.9 Å². The highest BCUT2D eigenvalue weighted by Gasteiger charge is 2.44. The smallest absolute Gasteiger partial charge is 0.336 e. The van der Waals surface area contributed by atoms with Gasteiger partial charge in [0, 0.05) is 18.5 Å². The molecule has 1 saturated heterocycles. The SMILES string of the molecule is CC1(O)CN(S(=O)(=O)c2cc(C(=O)O)cs2)C1. The van der Waals surface area contributed by atoms with E-state index in [9.17, 15) is 18.3 Å². The van der Waals surface area contributed by atoms with Crippen LogP contribution in [0.15, 0.2) is 15.7 Å². The summed E-state index contributed by atoms with van der Waals surface area (Å²) in [6, 6.07) is 1.13. The third-order valence-electron chi connectivity index (χ3n) is 2.45. The molecule has 0 radical (unpaired) electrons. The average Bonchev–Trinajstić information content (AvgIpc) is 2.62. The number of carbonyl (C=O) groups is 1. The number of carboxylic acid groups (broad SMARTS) is 1. The predicted octanol–water partition coefficient (Wildman–Crippen LogP) is 0.202. The number of rotatable bonds is 3. The summed E-state index contributed by atoms with van der Waals surface area (Å²) < 4.78 is 25.1. The summed E-state index contributed by atoms with van der Waals surface area (Å²) in [7, 11) is -3.66. The molecule has 0 aromatic carbocycles. The van der Waals surface area contributed by atoms with Gasteiger partial charge >= 0.3 is 5.97 Å². The van der Waals surface area contributed by atoms with Gasteiger partial charge in [-0.2, -0.15) is 4.31 Å². The van der Waals surface area contributed by atoms with E-state index in [0.29, 0.717) is 0 Å². The molecule has 0 spiro atoms. The third-order valence-corrected chi connectivity index (χ3v) is 5.66. The van der Waals surface area contributed by atoms with Crippen LogP contribution in [0.4, 0.5) is 0 Å². The molecule has 0 aliphatic carbocycles. The Kier molecular flexibility index (Phi) is 2.77. The molecule has 6 nitrogen and oxygen atoms in total. The lowest BCUT2D eigenvalue weighted by Gasteiger charge is -2.42. The third kappa shape index (κ3) is 2.21. The fraction of sp³-hybridized carbons (Fsp3) is 0.444. The van der Waals surface area contributed by atoms with E-state index in [0.717, 1.165) is 21.7 Å². The minimum Gasteiger partial charge on any atom is -0.478 e. The van der Waals surface area contributed by atoms with Gasteiger partial charge in [0.2, 0.25) is 0 Å². The maximum atomic E-state index is 12.0. The maximum absolute atomic E-state index is 12.0. The van der Waals surface area contributed by atoms with Crippen molar-refractivity contribution in [2.45, 2.75) is 16.7 Å². The van der Waals surface area contributed by atoms with Crippen LogP contribution >= 0.6 is 11.3 Å². The molecule has 8 heteroatoms. The van der Waals surface area contributed by atoms with Gasteiger partial charge in [0.15, 0.2) is 0 Å². The van der Waals surface area contributed by atoms with Crippen LogP contribution in [0.5, 0.6) is 0 Å². The van der Waals surface area contributed by atoms with Crippen molar-refractivity contribution >= 4 is 27.3 Å². The number of nitrogens with zero attached hydrogens (tertiary/aromatic N) is 1. The fourth-order valence-electron chi connectivity index (χ4n) is 1.57. The molecule has 0 saturated carbocycles. The Morgan fingerprint density at radius 2 is 2.12 bits per heavy atom. The Morgan fingerprint density at radius 3 is 2.53 bits per heavy atom. The van der Waals surface area contributed by atoms with Gasteiger partial charge in [0.1, 0.15) is 4.21 Å². The summed E-state index contributed by atoms with van der Waals surface area (Å²) in [6.07, 6.45) is 0. The lowest BCUT2D eigenvalue weighted by molar-refractivity contribution is -0.0425. The van der Waals surface area contributed by atoms with E-state index in [1.165, 1.54) is 5.38 Å². The monoisotopic (exact) mass is 277 g/mol. The molecule has 2 N–H and O–H groups in total. The van der Waals surface area contributed by atoms with E-state index < -0.39 is 21.6 Å². The quantitative estimate of drug-likeness (QED) is 0.823. The second-order valence-corrected chi connectivity index (χ2v) is 7.31. The summed E-state index contributed by atoms with van der Waals surface area (Å²) in [5.41, 5.74) is -1.03. The van der Waals surface area contributed by atoms with Gasteiger partial charge in [-0.15, -0.1) is 11.3 Å². The Morgan fingerprint density at radius 1 is 1.53 bits per heavy atom. The lowest BCUT2D eigenvalue weighted by Crippen LogP contribution is -2.61. The Labute approximate surface area is 102 Å². The average molecular weight is 277 g/mol. The highest BCUT2D eigenvalue weighted by Crippen LogP contribution is 2.30. The van der Waals surface area contributed by atoms with Crippen LogP contribution in [0.1, 0.15) is 17.3 Å². The normalized spacial score (nSPS) is 19.9. The maximum Gasteiger partial charge on any atom is 0.336 e. The molecule has 0 atom stereocenters. The van der Waals surface area contributed by atoms with E-state index >= 15 is 0 Å². The number of hydrogen-bond donors (Lipinski definition) is 2. The number of hydrogen-bond acceptors (Lipinski definition) is 5. The van der Waals surface area contributed by atoms with Crippen LogP contribution < -0.4 is 0 Å². The van der Waals surface area contributed by atoms with Gasteiger partial charge in [-0.3, -0.25) is 0 Å². The molecule has 1 aromatic rings. The molecule has 0 bridgehead atoms. The number of thiophene rings is 1. The minimum absolute atomic E-state index is 0.00889. The van der Waals surface area contributed by atoms with Gasteiger partial charge in [-0.05, 0) is 13.0 Å². The number of β-amino-alcohol motifs (C(OH)–C–C–N with tert-alkyl or cyclic N) is 1. The first-order valence-corrected chi connectivity index (χ1v) is 7.09. The summed E-state index contributed by atoms with van der Waals surface area (Å²) in [5, 5.41) is 19.5. The first-order valence-electron chi connectivity index (χ1n) is 4.77. The standard InChI is InChI=1S/C9H11NO5S2/c1-9(13)4-10(5-9)17(14,15)7-2-6(3-16-7)8(11)12/h2-3,13H,4-5H2,1H3,(H,11,12). The Bertz CT molecular complexity index is 552. The van der Waals surface area contributed by atoms with Crippen molar-refractivity contribution < 1.29 is 23.4 Å². The molecule has 1 aromatic heterocycles. The van der Waals surface area contributed by atoms with E-state index in [1.54, 1.807) is 6.92 Å². The van der Waals surface area contributed by atoms with Crippen LogP contribution in [-0.4, -0.2) is 47.6 Å².